The van der Waals surface area contributed by atoms with Crippen LogP contribution in [-0.4, -0.2) is 13.4 Å². The minimum Gasteiger partial charge on any atom is -0.436 e. The van der Waals surface area contributed by atoms with Gasteiger partial charge in [-0.25, -0.2) is 4.98 Å². The van der Waals surface area contributed by atoms with Crippen molar-refractivity contribution in [3.63, 3.8) is 0 Å². The van der Waals surface area contributed by atoms with Gasteiger partial charge in [-0.15, -0.1) is 0 Å². The van der Waals surface area contributed by atoms with Crippen LogP contribution in [0.4, 0.5) is 0 Å². The van der Waals surface area contributed by atoms with Crippen LogP contribution < -0.4 is 4.18 Å². The molecule has 0 amide bonds. The quantitative estimate of drug-likeness (QED) is 0.425. The second-order valence-electron chi connectivity index (χ2n) is 5.51. The van der Waals surface area contributed by atoms with Gasteiger partial charge in [0, 0.05) is 16.1 Å². The second kappa shape index (κ2) is 6.59. The molecule has 5 nitrogen and oxygen atoms in total. The van der Waals surface area contributed by atoms with E-state index in [0.29, 0.717) is 17.0 Å². The highest BCUT2D eigenvalue weighted by molar-refractivity contribution is 9.10. The maximum atomic E-state index is 12.4. The van der Waals surface area contributed by atoms with Gasteiger partial charge >= 0.3 is 10.1 Å². The minimum atomic E-state index is -3.93. The maximum absolute atomic E-state index is 12.4. The fraction of sp³-hybridized carbons (Fsp3) is 0. The fourth-order valence-corrected chi connectivity index (χ4v) is 3.62. The van der Waals surface area contributed by atoms with Gasteiger partial charge in [0.2, 0.25) is 5.89 Å². The number of nitrogens with zero attached hydrogens (tertiary/aromatic N) is 1. The summed E-state index contributed by atoms with van der Waals surface area (Å²) in [5.41, 5.74) is 1.92. The normalized spacial score (nSPS) is 11.6. The molecule has 0 saturated carbocycles. The van der Waals surface area contributed by atoms with Crippen molar-refractivity contribution in [1.29, 1.82) is 0 Å². The summed E-state index contributed by atoms with van der Waals surface area (Å²) in [6.45, 7) is 0. The summed E-state index contributed by atoms with van der Waals surface area (Å²) in [5, 5.41) is 0. The Labute approximate surface area is 158 Å². The van der Waals surface area contributed by atoms with Crippen molar-refractivity contribution < 1.29 is 17.0 Å². The Morgan fingerprint density at radius 2 is 1.65 bits per heavy atom. The molecular weight excluding hydrogens is 418 g/mol. The number of benzene rings is 3. The Morgan fingerprint density at radius 1 is 0.923 bits per heavy atom. The predicted molar refractivity (Wildman–Crippen MR) is 101 cm³/mol. The first-order valence-electron chi connectivity index (χ1n) is 7.67. The van der Waals surface area contributed by atoms with Crippen LogP contribution in [0.1, 0.15) is 0 Å². The molecule has 0 aliphatic carbocycles. The van der Waals surface area contributed by atoms with Crippen molar-refractivity contribution >= 4 is 37.1 Å². The van der Waals surface area contributed by atoms with Crippen molar-refractivity contribution in [3.05, 3.63) is 77.3 Å². The molecule has 0 radical (unpaired) electrons. The molecule has 0 unspecified atom stereocenters. The molecule has 0 bridgehead atoms. The van der Waals surface area contributed by atoms with Gasteiger partial charge in [-0.05, 0) is 48.5 Å². The van der Waals surface area contributed by atoms with E-state index in [4.69, 9.17) is 8.60 Å². The summed E-state index contributed by atoms with van der Waals surface area (Å²) in [6.07, 6.45) is 0. The zero-order valence-electron chi connectivity index (χ0n) is 13.3. The van der Waals surface area contributed by atoms with Crippen molar-refractivity contribution in [2.75, 3.05) is 0 Å². The van der Waals surface area contributed by atoms with Gasteiger partial charge in [-0.3, -0.25) is 0 Å². The van der Waals surface area contributed by atoms with Crippen LogP contribution in [0.25, 0.3) is 22.6 Å². The van der Waals surface area contributed by atoms with Crippen LogP contribution in [0, 0.1) is 0 Å². The Balaban J connectivity index is 1.66. The molecule has 3 aromatic carbocycles. The standard InChI is InChI=1S/C19H12BrNO4S/c20-14-6-9-16(10-7-14)26(22,23)25-15-8-11-17-18(12-15)24-19(21-17)13-4-2-1-3-5-13/h1-12H. The lowest BCUT2D eigenvalue weighted by Gasteiger charge is -2.06. The molecule has 1 aromatic heterocycles. The molecule has 0 saturated heterocycles. The van der Waals surface area contributed by atoms with Crippen molar-refractivity contribution in [3.8, 4) is 17.2 Å². The summed E-state index contributed by atoms with van der Waals surface area (Å²) in [6, 6.07) is 20.4. The minimum absolute atomic E-state index is 0.0725. The largest absolute Gasteiger partial charge is 0.436 e. The first-order chi connectivity index (χ1) is 12.5. The van der Waals surface area contributed by atoms with E-state index in [2.05, 4.69) is 20.9 Å². The average molecular weight is 430 g/mol. The third-order valence-electron chi connectivity index (χ3n) is 3.69. The number of rotatable bonds is 4. The van der Waals surface area contributed by atoms with Crippen LogP contribution >= 0.6 is 15.9 Å². The summed E-state index contributed by atoms with van der Waals surface area (Å²) in [5.74, 6) is 0.629. The van der Waals surface area contributed by atoms with Crippen LogP contribution in [0.15, 0.2) is 86.6 Å². The second-order valence-corrected chi connectivity index (χ2v) is 7.97. The van der Waals surface area contributed by atoms with E-state index in [0.717, 1.165) is 10.0 Å². The van der Waals surface area contributed by atoms with Gasteiger partial charge in [-0.2, -0.15) is 8.42 Å². The lowest BCUT2D eigenvalue weighted by Crippen LogP contribution is -2.09. The molecule has 0 atom stereocenters. The van der Waals surface area contributed by atoms with E-state index in [1.165, 1.54) is 18.2 Å². The molecule has 0 aliphatic rings. The molecule has 0 spiro atoms. The molecule has 0 aliphatic heterocycles. The van der Waals surface area contributed by atoms with Crippen molar-refractivity contribution in [2.24, 2.45) is 0 Å². The van der Waals surface area contributed by atoms with Crippen molar-refractivity contribution in [2.45, 2.75) is 4.90 Å². The van der Waals surface area contributed by atoms with E-state index in [-0.39, 0.29) is 10.6 Å². The van der Waals surface area contributed by atoms with Gasteiger partial charge in [0.05, 0.1) is 0 Å². The molecule has 130 valence electrons. The summed E-state index contributed by atoms with van der Waals surface area (Å²) >= 11 is 3.27. The Morgan fingerprint density at radius 3 is 2.38 bits per heavy atom. The van der Waals surface area contributed by atoms with Gasteiger partial charge in [0.15, 0.2) is 5.58 Å². The van der Waals surface area contributed by atoms with Crippen LogP contribution in [-0.2, 0) is 10.1 Å². The highest BCUT2D eigenvalue weighted by atomic mass is 79.9. The van der Waals surface area contributed by atoms with Crippen molar-refractivity contribution in [1.82, 2.24) is 4.98 Å². The smallest absolute Gasteiger partial charge is 0.339 e. The molecular formula is C19H12BrNO4S. The molecule has 0 fully saturated rings. The monoisotopic (exact) mass is 429 g/mol. The Bertz CT molecular complexity index is 1170. The maximum Gasteiger partial charge on any atom is 0.339 e. The molecule has 4 rings (SSSR count). The lowest BCUT2D eigenvalue weighted by atomic mass is 10.2. The zero-order chi connectivity index (χ0) is 18.1. The van der Waals surface area contributed by atoms with Crippen LogP contribution in [0.2, 0.25) is 0 Å². The third kappa shape index (κ3) is 3.36. The molecule has 1 heterocycles. The number of aromatic nitrogens is 1. The van der Waals surface area contributed by atoms with Gasteiger partial charge < -0.3 is 8.60 Å². The fourth-order valence-electron chi connectivity index (χ4n) is 2.44. The summed E-state index contributed by atoms with van der Waals surface area (Å²) in [7, 11) is -3.93. The molecule has 4 aromatic rings. The van der Waals surface area contributed by atoms with Crippen LogP contribution in [0.3, 0.4) is 0 Å². The Hall–Kier alpha value is -2.64. The molecule has 7 heteroatoms. The molecule has 0 N–H and O–H groups in total. The SMILES string of the molecule is O=S(=O)(Oc1ccc2nc(-c3ccccc3)oc2c1)c1ccc(Br)cc1. The Kier molecular flexibility index (Phi) is 4.26. The number of hydrogen-bond acceptors (Lipinski definition) is 5. The van der Waals surface area contributed by atoms with Gasteiger partial charge in [0.1, 0.15) is 16.2 Å². The first kappa shape index (κ1) is 16.8. The number of oxazole rings is 1. The third-order valence-corrected chi connectivity index (χ3v) is 5.48. The van der Waals surface area contributed by atoms with E-state index in [9.17, 15) is 8.42 Å². The summed E-state index contributed by atoms with van der Waals surface area (Å²) in [4.78, 5) is 4.48. The average Bonchev–Trinajstić information content (AvgIpc) is 3.06. The zero-order valence-corrected chi connectivity index (χ0v) is 15.7. The van der Waals surface area contributed by atoms with E-state index < -0.39 is 10.1 Å². The van der Waals surface area contributed by atoms with Crippen LogP contribution in [0.5, 0.6) is 5.75 Å². The number of hydrogen-bond donors (Lipinski definition) is 0. The predicted octanol–water partition coefficient (Wildman–Crippen LogP) is 5.03. The topological polar surface area (TPSA) is 69.4 Å². The van der Waals surface area contributed by atoms with E-state index in [1.54, 1.807) is 24.3 Å². The van der Waals surface area contributed by atoms with Gasteiger partial charge in [0.25, 0.3) is 0 Å². The lowest BCUT2D eigenvalue weighted by molar-refractivity contribution is 0.486. The highest BCUT2D eigenvalue weighted by Crippen LogP contribution is 2.28. The number of halogens is 1. The van der Waals surface area contributed by atoms with E-state index >= 15 is 0 Å². The highest BCUT2D eigenvalue weighted by Gasteiger charge is 2.17. The van der Waals surface area contributed by atoms with E-state index in [1.807, 2.05) is 30.3 Å². The number of fused-ring (bicyclic) bond motifs is 1. The molecule has 26 heavy (non-hydrogen) atoms. The van der Waals surface area contributed by atoms with Gasteiger partial charge in [-0.1, -0.05) is 34.1 Å². The summed E-state index contributed by atoms with van der Waals surface area (Å²) < 4.78 is 36.5. The first-order valence-corrected chi connectivity index (χ1v) is 9.87.